The summed E-state index contributed by atoms with van der Waals surface area (Å²) in [4.78, 5) is 2.22. The molecule has 0 bridgehead atoms. The summed E-state index contributed by atoms with van der Waals surface area (Å²) in [7, 11) is 2.09. The van der Waals surface area contributed by atoms with Crippen molar-refractivity contribution in [3.63, 3.8) is 0 Å². The highest BCUT2D eigenvalue weighted by Gasteiger charge is 2.13. The molecule has 1 aliphatic heterocycles. The normalized spacial score (nSPS) is 15.3. The van der Waals surface area contributed by atoms with Crippen LogP contribution in [0.3, 0.4) is 0 Å². The van der Waals surface area contributed by atoms with Crippen LogP contribution in [0.1, 0.15) is 0 Å². The third-order valence-corrected chi connectivity index (χ3v) is 2.69. The van der Waals surface area contributed by atoms with E-state index in [2.05, 4.69) is 52.7 Å². The van der Waals surface area contributed by atoms with Crippen molar-refractivity contribution >= 4 is 28.3 Å². The zero-order valence-electron chi connectivity index (χ0n) is 6.88. The monoisotopic (exact) mass is 275 g/mol. The molecule has 1 aliphatic rings. The smallest absolute Gasteiger partial charge is 0.143 e. The van der Waals surface area contributed by atoms with Gasteiger partial charge in [-0.15, -0.1) is 0 Å². The second-order valence-corrected chi connectivity index (χ2v) is 4.13. The van der Waals surface area contributed by atoms with Crippen molar-refractivity contribution < 1.29 is 4.74 Å². The average molecular weight is 275 g/mol. The van der Waals surface area contributed by atoms with Gasteiger partial charge >= 0.3 is 0 Å². The lowest BCUT2D eigenvalue weighted by atomic mass is 10.2. The van der Waals surface area contributed by atoms with Crippen molar-refractivity contribution in [1.29, 1.82) is 0 Å². The summed E-state index contributed by atoms with van der Waals surface area (Å²) in [5, 5.41) is 0. The molecule has 0 atom stereocenters. The van der Waals surface area contributed by atoms with Crippen molar-refractivity contribution in [3.8, 4) is 5.75 Å². The molecule has 0 N–H and O–H groups in total. The Morgan fingerprint density at radius 1 is 1.50 bits per heavy atom. The molecule has 64 valence electrons. The van der Waals surface area contributed by atoms with Gasteiger partial charge in [0.2, 0.25) is 0 Å². The van der Waals surface area contributed by atoms with Gasteiger partial charge < -0.3 is 9.64 Å². The third kappa shape index (κ3) is 1.37. The first-order chi connectivity index (χ1) is 5.77. The van der Waals surface area contributed by atoms with E-state index < -0.39 is 0 Å². The Hall–Kier alpha value is -0.450. The predicted molar refractivity (Wildman–Crippen MR) is 57.9 cm³/mol. The van der Waals surface area contributed by atoms with Crippen LogP contribution in [0.25, 0.3) is 0 Å². The minimum atomic E-state index is 0.795. The Kier molecular flexibility index (Phi) is 2.12. The van der Waals surface area contributed by atoms with Gasteiger partial charge in [-0.25, -0.2) is 0 Å². The first kappa shape index (κ1) is 8.16. The number of ether oxygens (including phenoxy) is 1. The number of fused-ring (bicyclic) bond motifs is 1. The van der Waals surface area contributed by atoms with E-state index in [9.17, 15) is 0 Å². The van der Waals surface area contributed by atoms with E-state index in [1.807, 2.05) is 0 Å². The van der Waals surface area contributed by atoms with Crippen molar-refractivity contribution in [3.05, 3.63) is 21.8 Å². The molecular weight excluding hydrogens is 265 g/mol. The van der Waals surface area contributed by atoms with Crippen LogP contribution in [0.2, 0.25) is 0 Å². The Morgan fingerprint density at radius 2 is 2.33 bits per heavy atom. The molecule has 1 aromatic rings. The van der Waals surface area contributed by atoms with Gasteiger partial charge in [0.1, 0.15) is 12.4 Å². The fourth-order valence-electron chi connectivity index (χ4n) is 1.33. The Balaban J connectivity index is 2.46. The average Bonchev–Trinajstić information content (AvgIpc) is 2.04. The van der Waals surface area contributed by atoms with Crippen molar-refractivity contribution in [2.24, 2.45) is 0 Å². The highest BCUT2D eigenvalue weighted by Crippen LogP contribution is 2.31. The standard InChI is InChI=1S/C9H10INO/c1-11-4-5-12-9-6-7(10)2-3-8(9)11/h2-3,6H,4-5H2,1H3. The molecule has 0 saturated heterocycles. The molecule has 0 amide bonds. The second kappa shape index (κ2) is 3.12. The van der Waals surface area contributed by atoms with E-state index in [-0.39, 0.29) is 0 Å². The number of hydrogen-bond acceptors (Lipinski definition) is 2. The number of anilines is 1. The first-order valence-electron chi connectivity index (χ1n) is 3.91. The lowest BCUT2D eigenvalue weighted by Gasteiger charge is -2.27. The molecule has 3 heteroatoms. The quantitative estimate of drug-likeness (QED) is 0.672. The molecule has 0 aromatic heterocycles. The van der Waals surface area contributed by atoms with Crippen LogP contribution in [0, 0.1) is 3.57 Å². The summed E-state index contributed by atoms with van der Waals surface area (Å²) in [5.41, 5.74) is 1.20. The van der Waals surface area contributed by atoms with Crippen LogP contribution in [0.5, 0.6) is 5.75 Å². The van der Waals surface area contributed by atoms with E-state index in [0.717, 1.165) is 18.9 Å². The van der Waals surface area contributed by atoms with Crippen molar-refractivity contribution in [2.75, 3.05) is 25.1 Å². The van der Waals surface area contributed by atoms with Gasteiger partial charge in [-0.2, -0.15) is 0 Å². The minimum absolute atomic E-state index is 0.795. The Morgan fingerprint density at radius 3 is 3.17 bits per heavy atom. The van der Waals surface area contributed by atoms with Gasteiger partial charge in [-0.3, -0.25) is 0 Å². The summed E-state index contributed by atoms with van der Waals surface area (Å²) in [5.74, 6) is 1.01. The van der Waals surface area contributed by atoms with Crippen LogP contribution in [0.4, 0.5) is 5.69 Å². The Labute approximate surface area is 85.7 Å². The predicted octanol–water partition coefficient (Wildman–Crippen LogP) is 2.12. The topological polar surface area (TPSA) is 12.5 Å². The van der Waals surface area contributed by atoms with E-state index in [1.165, 1.54) is 9.26 Å². The van der Waals surface area contributed by atoms with E-state index in [1.54, 1.807) is 0 Å². The molecule has 2 rings (SSSR count). The maximum Gasteiger partial charge on any atom is 0.143 e. The van der Waals surface area contributed by atoms with Crippen LogP contribution in [0.15, 0.2) is 18.2 Å². The van der Waals surface area contributed by atoms with Crippen molar-refractivity contribution in [1.82, 2.24) is 0 Å². The number of benzene rings is 1. The third-order valence-electron chi connectivity index (χ3n) is 2.02. The molecule has 0 spiro atoms. The molecule has 0 saturated carbocycles. The molecule has 1 aromatic carbocycles. The molecule has 0 aliphatic carbocycles. The summed E-state index contributed by atoms with van der Waals surface area (Å²) in [6, 6.07) is 6.28. The number of halogens is 1. The summed E-state index contributed by atoms with van der Waals surface area (Å²) in [6.07, 6.45) is 0. The van der Waals surface area contributed by atoms with Crippen LogP contribution in [-0.2, 0) is 0 Å². The number of likely N-dealkylation sites (N-methyl/N-ethyl adjacent to an activating group) is 1. The molecule has 1 heterocycles. The molecule has 0 radical (unpaired) electrons. The zero-order chi connectivity index (χ0) is 8.55. The van der Waals surface area contributed by atoms with Gasteiger partial charge in [0.05, 0.1) is 12.2 Å². The molecular formula is C9H10INO. The fourth-order valence-corrected chi connectivity index (χ4v) is 1.79. The van der Waals surface area contributed by atoms with Gasteiger partial charge in [0.25, 0.3) is 0 Å². The van der Waals surface area contributed by atoms with Crippen LogP contribution in [-0.4, -0.2) is 20.2 Å². The van der Waals surface area contributed by atoms with Gasteiger partial charge in [0.15, 0.2) is 0 Å². The first-order valence-corrected chi connectivity index (χ1v) is 4.99. The number of hydrogen-bond donors (Lipinski definition) is 0. The van der Waals surface area contributed by atoms with Gasteiger partial charge in [-0.1, -0.05) is 0 Å². The maximum atomic E-state index is 5.53. The highest BCUT2D eigenvalue weighted by atomic mass is 127. The van der Waals surface area contributed by atoms with Gasteiger partial charge in [-0.05, 0) is 40.8 Å². The lowest BCUT2D eigenvalue weighted by molar-refractivity contribution is 0.311. The lowest BCUT2D eigenvalue weighted by Crippen LogP contribution is -2.28. The summed E-state index contributed by atoms with van der Waals surface area (Å²) >= 11 is 2.29. The largest absolute Gasteiger partial charge is 0.490 e. The maximum absolute atomic E-state index is 5.53. The number of nitrogens with zero attached hydrogens (tertiary/aromatic N) is 1. The fraction of sp³-hybridized carbons (Fsp3) is 0.333. The van der Waals surface area contributed by atoms with Crippen LogP contribution < -0.4 is 9.64 Å². The zero-order valence-corrected chi connectivity index (χ0v) is 9.04. The molecule has 0 fully saturated rings. The van der Waals surface area contributed by atoms with E-state index in [4.69, 9.17) is 4.74 Å². The van der Waals surface area contributed by atoms with E-state index >= 15 is 0 Å². The van der Waals surface area contributed by atoms with E-state index in [0.29, 0.717) is 0 Å². The van der Waals surface area contributed by atoms with Crippen LogP contribution >= 0.6 is 22.6 Å². The molecule has 2 nitrogen and oxygen atoms in total. The SMILES string of the molecule is CN1CCOc2cc(I)ccc21. The number of rotatable bonds is 0. The second-order valence-electron chi connectivity index (χ2n) is 2.88. The minimum Gasteiger partial charge on any atom is -0.490 e. The molecule has 0 unspecified atom stereocenters. The Bertz CT molecular complexity index is 301. The summed E-state index contributed by atoms with van der Waals surface area (Å²) < 4.78 is 6.75. The highest BCUT2D eigenvalue weighted by molar-refractivity contribution is 14.1. The molecule has 12 heavy (non-hydrogen) atoms. The van der Waals surface area contributed by atoms with Crippen molar-refractivity contribution in [2.45, 2.75) is 0 Å². The van der Waals surface area contributed by atoms with Gasteiger partial charge in [0, 0.05) is 10.6 Å². The summed E-state index contributed by atoms with van der Waals surface area (Å²) in [6.45, 7) is 1.77.